The summed E-state index contributed by atoms with van der Waals surface area (Å²) in [5.41, 5.74) is 0. The summed E-state index contributed by atoms with van der Waals surface area (Å²) < 4.78 is 10.5. The zero-order chi connectivity index (χ0) is 34.4. The van der Waals surface area contributed by atoms with E-state index in [1.807, 2.05) is 6.92 Å². The van der Waals surface area contributed by atoms with Gasteiger partial charge >= 0.3 is 17.9 Å². The second-order valence-corrected chi connectivity index (χ2v) is 13.2. The number of ether oxygens (including phenoxy) is 2. The molecule has 0 aliphatic carbocycles. The fourth-order valence-corrected chi connectivity index (χ4v) is 5.91. The molecule has 0 rings (SSSR count). The van der Waals surface area contributed by atoms with Gasteiger partial charge in [0.2, 0.25) is 5.91 Å². The molecule has 0 spiro atoms. The zero-order valence-corrected chi connectivity index (χ0v) is 30.3. The van der Waals surface area contributed by atoms with Crippen molar-refractivity contribution < 1.29 is 33.8 Å². The molecule has 2 atom stereocenters. The van der Waals surface area contributed by atoms with Crippen LogP contribution in [0.1, 0.15) is 162 Å². The van der Waals surface area contributed by atoms with E-state index >= 15 is 0 Å². The van der Waals surface area contributed by atoms with Gasteiger partial charge in [0, 0.05) is 38.3 Å². The number of carbonyl (C=O) groups excluding carboxylic acids is 3. The lowest BCUT2D eigenvalue weighted by Gasteiger charge is -2.33. The molecule has 1 N–H and O–H groups in total. The lowest BCUT2D eigenvalue weighted by atomic mass is 9.98. The molecule has 9 nitrogen and oxygen atoms in total. The molecular weight excluding hydrogens is 584 g/mol. The number of hydrogen-bond acceptors (Lipinski definition) is 7. The van der Waals surface area contributed by atoms with Crippen LogP contribution in [0.5, 0.6) is 0 Å². The van der Waals surface area contributed by atoms with Crippen molar-refractivity contribution in [1.29, 1.82) is 0 Å². The first-order valence-corrected chi connectivity index (χ1v) is 18.6. The average molecular weight is 655 g/mol. The van der Waals surface area contributed by atoms with Gasteiger partial charge in [0.25, 0.3) is 0 Å². The average Bonchev–Trinajstić information content (AvgIpc) is 3.01. The van der Waals surface area contributed by atoms with Gasteiger partial charge in [-0.1, -0.05) is 78.1 Å². The highest BCUT2D eigenvalue weighted by molar-refractivity contribution is 5.76. The monoisotopic (exact) mass is 655 g/mol. The van der Waals surface area contributed by atoms with Crippen LogP contribution in [0.2, 0.25) is 0 Å². The van der Waals surface area contributed by atoms with E-state index in [9.17, 15) is 19.2 Å². The Morgan fingerprint density at radius 3 is 1.67 bits per heavy atom. The topological polar surface area (TPSA) is 113 Å². The summed E-state index contributed by atoms with van der Waals surface area (Å²) in [5.74, 6) is -0.307. The molecule has 0 aromatic carbocycles. The third-order valence-corrected chi connectivity index (χ3v) is 8.69. The lowest BCUT2D eigenvalue weighted by molar-refractivity contribution is -0.145. The van der Waals surface area contributed by atoms with Gasteiger partial charge in [-0.15, -0.1) is 0 Å². The van der Waals surface area contributed by atoms with Crippen LogP contribution in [0.4, 0.5) is 0 Å². The first-order chi connectivity index (χ1) is 22.1. The summed E-state index contributed by atoms with van der Waals surface area (Å²) in [6.07, 6.45) is 18.5. The van der Waals surface area contributed by atoms with Crippen molar-refractivity contribution in [2.45, 2.75) is 168 Å². The molecule has 0 aromatic heterocycles. The number of carboxylic acid groups (broad SMARTS) is 1. The SMILES string of the molecule is CCCC(CC)COC(=O)CCCCCC(CCCCCCC(=O)O)N(CCCN(C)C)C(=O)CCCCCCCC(=O)OCC. The number of esters is 2. The Labute approximate surface area is 281 Å². The van der Waals surface area contributed by atoms with Gasteiger partial charge < -0.3 is 24.4 Å². The van der Waals surface area contributed by atoms with Crippen molar-refractivity contribution in [2.24, 2.45) is 5.92 Å². The first-order valence-electron chi connectivity index (χ1n) is 18.6. The smallest absolute Gasteiger partial charge is 0.305 e. The van der Waals surface area contributed by atoms with Crippen LogP contribution in [0.15, 0.2) is 0 Å². The molecule has 2 unspecified atom stereocenters. The summed E-state index contributed by atoms with van der Waals surface area (Å²) >= 11 is 0. The number of amides is 1. The third kappa shape index (κ3) is 26.0. The van der Waals surface area contributed by atoms with Crippen molar-refractivity contribution in [3.63, 3.8) is 0 Å². The molecule has 46 heavy (non-hydrogen) atoms. The summed E-state index contributed by atoms with van der Waals surface area (Å²) in [4.78, 5) is 52.6. The molecule has 9 heteroatoms. The number of rotatable bonds is 32. The molecule has 270 valence electrons. The van der Waals surface area contributed by atoms with E-state index in [-0.39, 0.29) is 30.3 Å². The van der Waals surface area contributed by atoms with E-state index in [4.69, 9.17) is 14.6 Å². The van der Waals surface area contributed by atoms with Gasteiger partial charge in [-0.3, -0.25) is 19.2 Å². The van der Waals surface area contributed by atoms with E-state index in [0.717, 1.165) is 122 Å². The lowest BCUT2D eigenvalue weighted by Crippen LogP contribution is -2.41. The maximum atomic E-state index is 13.6. The number of carbonyl (C=O) groups is 4. The van der Waals surface area contributed by atoms with Crippen LogP contribution in [-0.4, -0.2) is 85.2 Å². The number of nitrogens with zero attached hydrogens (tertiary/aromatic N) is 2. The molecule has 0 aromatic rings. The Kier molecular flexibility index (Phi) is 28.8. The Hall–Kier alpha value is -2.16. The van der Waals surface area contributed by atoms with Crippen molar-refractivity contribution in [1.82, 2.24) is 9.80 Å². The van der Waals surface area contributed by atoms with Gasteiger partial charge in [-0.05, 0) is 84.8 Å². The van der Waals surface area contributed by atoms with Crippen molar-refractivity contribution >= 4 is 23.8 Å². The standard InChI is InChI=1S/C37H70N2O7/c1-6-22-32(7-2)31-46-37(44)28-20-14-16-24-33(23-15-12-13-18-26-35(41)42)39(30-21-29-38(4)5)34(40)25-17-10-9-11-19-27-36(43)45-8-3/h32-33H,6-31H2,1-5H3,(H,41,42). The van der Waals surface area contributed by atoms with Crippen LogP contribution >= 0.6 is 0 Å². The van der Waals surface area contributed by atoms with Gasteiger partial charge in [0.15, 0.2) is 0 Å². The van der Waals surface area contributed by atoms with Gasteiger partial charge in [-0.25, -0.2) is 0 Å². The molecule has 0 saturated heterocycles. The van der Waals surface area contributed by atoms with Crippen LogP contribution < -0.4 is 0 Å². The van der Waals surface area contributed by atoms with Gasteiger partial charge in [0.05, 0.1) is 13.2 Å². The highest BCUT2D eigenvalue weighted by Crippen LogP contribution is 2.21. The molecule has 0 saturated carbocycles. The van der Waals surface area contributed by atoms with Crippen LogP contribution in [-0.2, 0) is 28.7 Å². The molecular formula is C37H70N2O7. The molecule has 0 bridgehead atoms. The van der Waals surface area contributed by atoms with Crippen LogP contribution in [0.3, 0.4) is 0 Å². The Balaban J connectivity index is 5.02. The highest BCUT2D eigenvalue weighted by atomic mass is 16.5. The molecule has 0 heterocycles. The van der Waals surface area contributed by atoms with E-state index in [2.05, 4.69) is 37.7 Å². The first kappa shape index (κ1) is 43.8. The normalized spacial score (nSPS) is 12.6. The quantitative estimate of drug-likeness (QED) is 0.0571. The van der Waals surface area contributed by atoms with Crippen molar-refractivity contribution in [2.75, 3.05) is 40.4 Å². The molecule has 1 amide bonds. The highest BCUT2D eigenvalue weighted by Gasteiger charge is 2.23. The largest absolute Gasteiger partial charge is 0.481 e. The minimum Gasteiger partial charge on any atom is -0.481 e. The summed E-state index contributed by atoms with van der Waals surface area (Å²) in [7, 11) is 4.11. The maximum Gasteiger partial charge on any atom is 0.305 e. The fourth-order valence-electron chi connectivity index (χ4n) is 5.91. The summed E-state index contributed by atoms with van der Waals surface area (Å²) in [6.45, 7) is 8.73. The van der Waals surface area contributed by atoms with Crippen molar-refractivity contribution in [3.8, 4) is 0 Å². The molecule has 0 fully saturated rings. The van der Waals surface area contributed by atoms with E-state index in [0.29, 0.717) is 44.8 Å². The van der Waals surface area contributed by atoms with Gasteiger partial charge in [0.1, 0.15) is 0 Å². The summed E-state index contributed by atoms with van der Waals surface area (Å²) in [6, 6.07) is 0.157. The predicted molar refractivity (Wildman–Crippen MR) is 186 cm³/mol. The van der Waals surface area contributed by atoms with Crippen LogP contribution in [0.25, 0.3) is 0 Å². The fraction of sp³-hybridized carbons (Fsp3) is 0.892. The number of aliphatic carboxylic acids is 1. The Bertz CT molecular complexity index is 790. The van der Waals surface area contributed by atoms with E-state index in [1.165, 1.54) is 0 Å². The Morgan fingerprint density at radius 2 is 1.13 bits per heavy atom. The second kappa shape index (κ2) is 30.2. The molecule has 0 aliphatic rings. The summed E-state index contributed by atoms with van der Waals surface area (Å²) in [5, 5.41) is 8.95. The number of carboxylic acids is 1. The molecule has 0 radical (unpaired) electrons. The minimum absolute atomic E-state index is 0.103. The zero-order valence-electron chi connectivity index (χ0n) is 30.3. The minimum atomic E-state index is -0.746. The third-order valence-electron chi connectivity index (χ3n) is 8.69. The predicted octanol–water partition coefficient (Wildman–Crippen LogP) is 8.17. The maximum absolute atomic E-state index is 13.6. The van der Waals surface area contributed by atoms with Gasteiger partial charge in [-0.2, -0.15) is 0 Å². The second-order valence-electron chi connectivity index (χ2n) is 13.2. The molecule has 0 aliphatic heterocycles. The Morgan fingerprint density at radius 1 is 0.609 bits per heavy atom. The number of unbranched alkanes of at least 4 members (excludes halogenated alkanes) is 9. The van der Waals surface area contributed by atoms with Crippen LogP contribution in [0, 0.1) is 5.92 Å². The van der Waals surface area contributed by atoms with E-state index in [1.54, 1.807) is 0 Å². The number of hydrogen-bond donors (Lipinski definition) is 1. The van der Waals surface area contributed by atoms with Crippen molar-refractivity contribution in [3.05, 3.63) is 0 Å². The van der Waals surface area contributed by atoms with E-state index < -0.39 is 5.97 Å².